The summed E-state index contributed by atoms with van der Waals surface area (Å²) < 4.78 is 29.3. The van der Waals surface area contributed by atoms with Crippen LogP contribution < -0.4 is 15.0 Å². The maximum atomic E-state index is 14.3. The molecule has 2 saturated heterocycles. The summed E-state index contributed by atoms with van der Waals surface area (Å²) in [6.07, 6.45) is 2.87. The number of aliphatic imine (C=N–C) groups is 1. The molecule has 61 heavy (non-hydrogen) atoms. The molecule has 0 unspecified atom stereocenters. The number of fused-ring (bicyclic) bond motifs is 5. The maximum Gasteiger partial charge on any atom is 0.409 e. The predicted octanol–water partition coefficient (Wildman–Crippen LogP) is 6.10. The Hall–Kier alpha value is -5.62. The number of carbonyl (C=O) groups is 4. The second-order valence-electron chi connectivity index (χ2n) is 15.6. The van der Waals surface area contributed by atoms with Gasteiger partial charge < -0.3 is 38.6 Å². The Balaban J connectivity index is 1.53. The first-order valence-corrected chi connectivity index (χ1v) is 19.9. The van der Waals surface area contributed by atoms with Crippen molar-refractivity contribution in [2.24, 2.45) is 10.9 Å². The third-order valence-corrected chi connectivity index (χ3v) is 11.9. The van der Waals surface area contributed by atoms with E-state index in [1.165, 1.54) is 58.5 Å². The van der Waals surface area contributed by atoms with Gasteiger partial charge in [0.2, 0.25) is 5.91 Å². The number of ether oxygens (including phenoxy) is 5. The van der Waals surface area contributed by atoms with Crippen molar-refractivity contribution in [2.75, 3.05) is 33.2 Å². The molecule has 2 aromatic carbocycles. The van der Waals surface area contributed by atoms with Crippen LogP contribution in [0.1, 0.15) is 68.9 Å². The second kappa shape index (κ2) is 18.6. The zero-order valence-corrected chi connectivity index (χ0v) is 36.3. The van der Waals surface area contributed by atoms with Gasteiger partial charge in [0.15, 0.2) is 5.72 Å². The molecular formula is C43H52ClN5O12. The van der Waals surface area contributed by atoms with Gasteiger partial charge >= 0.3 is 12.1 Å². The van der Waals surface area contributed by atoms with Crippen LogP contribution in [0, 0.1) is 16.0 Å². The molecule has 4 bridgehead atoms. The monoisotopic (exact) mass is 865 g/mol. The molecule has 2 aromatic rings. The van der Waals surface area contributed by atoms with Crippen molar-refractivity contribution < 1.29 is 52.9 Å². The molecule has 3 aliphatic heterocycles. The zero-order valence-electron chi connectivity index (χ0n) is 35.6. The number of anilines is 1. The molecule has 328 valence electrons. The van der Waals surface area contributed by atoms with Gasteiger partial charge in [-0.1, -0.05) is 55.0 Å². The minimum Gasteiger partial charge on any atom is -0.495 e. The maximum absolute atomic E-state index is 14.3. The smallest absolute Gasteiger partial charge is 0.409 e. The average Bonchev–Trinajstić information content (AvgIpc) is 3.92. The van der Waals surface area contributed by atoms with Gasteiger partial charge in [-0.05, 0) is 57.9 Å². The highest BCUT2D eigenvalue weighted by molar-refractivity contribution is 6.35. The lowest BCUT2D eigenvalue weighted by molar-refractivity contribution is -0.384. The van der Waals surface area contributed by atoms with Crippen LogP contribution in [0.4, 0.5) is 21.9 Å². The first-order valence-electron chi connectivity index (χ1n) is 19.5. The van der Waals surface area contributed by atoms with Gasteiger partial charge in [0.1, 0.15) is 46.4 Å². The molecule has 3 amide bonds. The van der Waals surface area contributed by atoms with Gasteiger partial charge in [-0.3, -0.25) is 30.0 Å². The molecule has 0 radical (unpaired) electrons. The van der Waals surface area contributed by atoms with Gasteiger partial charge in [-0.2, -0.15) is 0 Å². The molecule has 18 heteroatoms. The summed E-state index contributed by atoms with van der Waals surface area (Å²) in [6.45, 7) is 12.0. The van der Waals surface area contributed by atoms with E-state index >= 15 is 0 Å². The first kappa shape index (κ1) is 46.4. The number of hydrogen-bond donors (Lipinski definition) is 2. The topological polar surface area (TPSA) is 212 Å². The van der Waals surface area contributed by atoms with Gasteiger partial charge in [-0.15, -0.1) is 0 Å². The van der Waals surface area contributed by atoms with Crippen LogP contribution >= 0.6 is 11.6 Å². The van der Waals surface area contributed by atoms with Crippen LogP contribution in [0.25, 0.3) is 6.08 Å². The second-order valence-corrected chi connectivity index (χ2v) is 15.9. The largest absolute Gasteiger partial charge is 0.495 e. The fourth-order valence-electron chi connectivity index (χ4n) is 7.77. The van der Waals surface area contributed by atoms with Crippen LogP contribution in [0.5, 0.6) is 5.75 Å². The molecule has 0 spiro atoms. The number of rotatable bonds is 9. The fourth-order valence-corrected chi connectivity index (χ4v) is 8.08. The van der Waals surface area contributed by atoms with Crippen LogP contribution in [-0.2, 0) is 35.0 Å². The quantitative estimate of drug-likeness (QED) is 0.0963. The molecule has 2 fully saturated rings. The molecule has 0 aliphatic carbocycles. The van der Waals surface area contributed by atoms with Gasteiger partial charge in [0, 0.05) is 57.0 Å². The van der Waals surface area contributed by atoms with E-state index in [0.717, 1.165) is 22.1 Å². The summed E-state index contributed by atoms with van der Waals surface area (Å²) in [5, 5.41) is 26.2. The van der Waals surface area contributed by atoms with Crippen molar-refractivity contribution in [3.05, 3.63) is 86.5 Å². The Bertz CT molecular complexity index is 2190. The highest BCUT2D eigenvalue weighted by Gasteiger charge is 2.64. The Morgan fingerprint density at radius 3 is 2.59 bits per heavy atom. The molecule has 17 nitrogen and oxygen atoms in total. The number of esters is 1. The molecule has 8 atom stereocenters. The summed E-state index contributed by atoms with van der Waals surface area (Å²) in [7, 11) is 5.76. The number of methoxy groups -OCH3 is 2. The molecule has 2 N–H and O–H groups in total. The van der Waals surface area contributed by atoms with Crippen molar-refractivity contribution in [3.8, 4) is 5.75 Å². The Morgan fingerprint density at radius 1 is 1.26 bits per heavy atom. The standard InChI is InChI=1S/C43H52ClN5O12/c1-11-27-28(16-17-29(49(55)56)37(27)45-12-2)39(51)47(7)25(5)40(52)60-34-21-35(50)48(8)30-19-26(20-31(57-9)36(30)44)18-23(3)14-13-15-33(58-10)43(54)22-32(59-41(53)46-43)24(4)38-42(34,6)61-38/h11-17,19-20,24-25,32-34,38,54H,1,18,21-22H2,2-10H3,(H,46,53)/b15-13+,23-14+,45-12?/t24-,25+,32+,33-,34+,38+,42+,43+/m1/s1. The van der Waals surface area contributed by atoms with E-state index in [1.54, 1.807) is 45.1 Å². The first-order chi connectivity index (χ1) is 28.7. The van der Waals surface area contributed by atoms with E-state index in [9.17, 15) is 34.4 Å². The highest BCUT2D eigenvalue weighted by atomic mass is 35.5. The van der Waals surface area contributed by atoms with Gasteiger partial charge in [0.25, 0.3) is 11.6 Å². The Labute approximate surface area is 359 Å². The van der Waals surface area contributed by atoms with Crippen LogP contribution in [0.2, 0.25) is 5.02 Å². The third kappa shape index (κ3) is 9.49. The molecule has 0 aromatic heterocycles. The van der Waals surface area contributed by atoms with E-state index < -0.39 is 82.9 Å². The lowest BCUT2D eigenvalue weighted by Crippen LogP contribution is -2.63. The summed E-state index contributed by atoms with van der Waals surface area (Å²) in [4.78, 5) is 73.0. The molecule has 3 heterocycles. The van der Waals surface area contributed by atoms with Crippen molar-refractivity contribution in [1.82, 2.24) is 10.2 Å². The molecule has 0 saturated carbocycles. The van der Waals surface area contributed by atoms with Crippen LogP contribution in [-0.4, -0.2) is 115 Å². The van der Waals surface area contributed by atoms with Crippen LogP contribution in [0.15, 0.2) is 59.6 Å². The number of carbonyl (C=O) groups excluding carboxylic acids is 4. The van der Waals surface area contributed by atoms with Crippen molar-refractivity contribution in [3.63, 3.8) is 0 Å². The minimum atomic E-state index is -1.89. The number of benzene rings is 2. The number of nitro groups is 1. The Kier molecular flexibility index (Phi) is 14.1. The number of likely N-dealkylation sites (N-methyl/N-ethyl adjacent to an activating group) is 1. The number of epoxide rings is 1. The molecule has 5 rings (SSSR count). The van der Waals surface area contributed by atoms with E-state index in [2.05, 4.69) is 16.9 Å². The number of alkyl carbamates (subject to hydrolysis) is 1. The number of nitrogens with one attached hydrogen (secondary N) is 1. The zero-order chi connectivity index (χ0) is 45.1. The third-order valence-electron chi connectivity index (χ3n) is 11.5. The summed E-state index contributed by atoms with van der Waals surface area (Å²) in [5.74, 6) is -2.38. The fraction of sp³-hybridized carbons (Fsp3) is 0.465. The molecular weight excluding hydrogens is 814 g/mol. The normalized spacial score (nSPS) is 28.6. The van der Waals surface area contributed by atoms with Crippen LogP contribution in [0.3, 0.4) is 0 Å². The van der Waals surface area contributed by atoms with Gasteiger partial charge in [0.05, 0.1) is 30.2 Å². The highest BCUT2D eigenvalue weighted by Crippen LogP contribution is 2.49. The Morgan fingerprint density at radius 2 is 1.97 bits per heavy atom. The van der Waals surface area contributed by atoms with E-state index in [4.69, 9.17) is 35.3 Å². The number of allylic oxidation sites excluding steroid dienone is 3. The summed E-state index contributed by atoms with van der Waals surface area (Å²) in [5.41, 5.74) is -1.56. The average molecular weight is 866 g/mol. The number of halogens is 1. The lowest BCUT2D eigenvalue weighted by Gasteiger charge is -2.42. The summed E-state index contributed by atoms with van der Waals surface area (Å²) in [6, 6.07) is 4.67. The van der Waals surface area contributed by atoms with Crippen molar-refractivity contribution in [1.29, 1.82) is 0 Å². The van der Waals surface area contributed by atoms with E-state index in [-0.39, 0.29) is 33.9 Å². The molecule has 3 aliphatic rings. The van der Waals surface area contributed by atoms with Gasteiger partial charge in [-0.25, -0.2) is 9.59 Å². The number of aliphatic hydroxyl groups is 1. The lowest BCUT2D eigenvalue weighted by atomic mass is 9.83. The predicted molar refractivity (Wildman–Crippen MR) is 227 cm³/mol. The SMILES string of the molecule is C=Cc1c(C(=O)N(C)[C@@H](C)C(=O)O[C@H]2CC(=O)N(C)c3cc(cc(OC)c3Cl)C/C(C)=C/C=C/[C@@H](OC)[C@@]3(O)C[C@H](OC(=O)N3)[C@@H](C)[C@@H]3O[C@@]23C)ccc([N+](=O)[O-])c1N=CC. The number of amides is 3. The minimum absolute atomic E-state index is 0.00125. The van der Waals surface area contributed by atoms with Crippen molar-refractivity contribution in [2.45, 2.75) is 95.7 Å². The number of nitrogens with zero attached hydrogens (tertiary/aromatic N) is 4. The summed E-state index contributed by atoms with van der Waals surface area (Å²) >= 11 is 6.79. The number of nitro benzene ring substituents is 1. The number of hydrogen-bond acceptors (Lipinski definition) is 13. The van der Waals surface area contributed by atoms with E-state index in [1.807, 2.05) is 13.0 Å². The van der Waals surface area contributed by atoms with Crippen molar-refractivity contribution >= 4 is 64.8 Å². The van der Waals surface area contributed by atoms with E-state index in [0.29, 0.717) is 17.9 Å².